The topological polar surface area (TPSA) is 97.4 Å². The molecule has 3 aromatic carbocycles. The Morgan fingerprint density at radius 2 is 1.76 bits per heavy atom. The lowest BCUT2D eigenvalue weighted by molar-refractivity contribution is -0.141. The van der Waals surface area contributed by atoms with Crippen LogP contribution in [0.2, 0.25) is 5.02 Å². The third-order valence-corrected chi connectivity index (χ3v) is 7.19. The van der Waals surface area contributed by atoms with E-state index in [2.05, 4.69) is 0 Å². The largest absolute Gasteiger partial charge is 0.497 e. The SMILES string of the molecule is CCOc1ccc(-c2nn(-c3ccccc3)cc2/C=C2/C(=O)N(Cc3ccc(OC)cc3)C(=O)C(C#N)=C2C)cc1Cl. The van der Waals surface area contributed by atoms with Crippen molar-refractivity contribution in [3.05, 3.63) is 112 Å². The highest BCUT2D eigenvalue weighted by Gasteiger charge is 2.35. The molecule has 9 heteroatoms. The van der Waals surface area contributed by atoms with Gasteiger partial charge in [0.25, 0.3) is 11.8 Å². The zero-order chi connectivity index (χ0) is 29.8. The fourth-order valence-electron chi connectivity index (χ4n) is 4.69. The van der Waals surface area contributed by atoms with Gasteiger partial charge in [0, 0.05) is 22.9 Å². The fourth-order valence-corrected chi connectivity index (χ4v) is 4.93. The summed E-state index contributed by atoms with van der Waals surface area (Å²) in [4.78, 5) is 28.2. The molecule has 42 heavy (non-hydrogen) atoms. The highest BCUT2D eigenvalue weighted by molar-refractivity contribution is 6.32. The van der Waals surface area contributed by atoms with Crippen molar-refractivity contribution in [3.63, 3.8) is 0 Å². The molecule has 5 rings (SSSR count). The third-order valence-electron chi connectivity index (χ3n) is 6.89. The van der Waals surface area contributed by atoms with Crippen LogP contribution in [0.1, 0.15) is 25.0 Å². The van der Waals surface area contributed by atoms with E-state index in [0.29, 0.717) is 45.5 Å². The van der Waals surface area contributed by atoms with Crippen LogP contribution in [0.5, 0.6) is 11.5 Å². The summed E-state index contributed by atoms with van der Waals surface area (Å²) >= 11 is 6.52. The maximum atomic E-state index is 13.8. The lowest BCUT2D eigenvalue weighted by atomic mass is 9.93. The summed E-state index contributed by atoms with van der Waals surface area (Å²) < 4.78 is 12.5. The Labute approximate surface area is 248 Å². The third kappa shape index (κ3) is 5.55. The highest BCUT2D eigenvalue weighted by Crippen LogP contribution is 2.35. The molecule has 0 aliphatic carbocycles. The molecule has 210 valence electrons. The molecule has 0 spiro atoms. The highest BCUT2D eigenvalue weighted by atomic mass is 35.5. The normalized spacial score (nSPS) is 14.4. The minimum absolute atomic E-state index is 0.00208. The molecule has 0 N–H and O–H groups in total. The first-order chi connectivity index (χ1) is 20.3. The molecule has 0 unspecified atom stereocenters. The molecule has 0 fully saturated rings. The molecule has 0 saturated heterocycles. The van der Waals surface area contributed by atoms with Gasteiger partial charge in [-0.05, 0) is 73.5 Å². The summed E-state index contributed by atoms with van der Waals surface area (Å²) in [7, 11) is 1.56. The Morgan fingerprint density at radius 1 is 1.02 bits per heavy atom. The monoisotopic (exact) mass is 578 g/mol. The first-order valence-corrected chi connectivity index (χ1v) is 13.6. The predicted molar refractivity (Wildman–Crippen MR) is 160 cm³/mol. The lowest BCUT2D eigenvalue weighted by Crippen LogP contribution is -2.42. The molecular weight excluding hydrogens is 552 g/mol. The summed E-state index contributed by atoms with van der Waals surface area (Å²) in [6.07, 6.45) is 3.48. The quantitative estimate of drug-likeness (QED) is 0.177. The molecule has 0 bridgehead atoms. The molecule has 1 aliphatic heterocycles. The van der Waals surface area contributed by atoms with E-state index in [0.717, 1.165) is 16.2 Å². The van der Waals surface area contributed by atoms with Crippen LogP contribution in [0.4, 0.5) is 0 Å². The average Bonchev–Trinajstić information content (AvgIpc) is 3.43. The van der Waals surface area contributed by atoms with E-state index in [9.17, 15) is 14.9 Å². The van der Waals surface area contributed by atoms with Crippen LogP contribution in [0.15, 0.2) is 95.7 Å². The maximum Gasteiger partial charge on any atom is 0.271 e. The number of hydrogen-bond acceptors (Lipinski definition) is 6. The fraction of sp³-hybridized carbons (Fsp3) is 0.152. The Morgan fingerprint density at radius 3 is 2.40 bits per heavy atom. The number of hydrogen-bond donors (Lipinski definition) is 0. The number of imide groups is 1. The first kappa shape index (κ1) is 28.4. The number of nitrogens with zero attached hydrogens (tertiary/aromatic N) is 4. The van der Waals surface area contributed by atoms with Crippen LogP contribution in [0.25, 0.3) is 23.0 Å². The summed E-state index contributed by atoms with van der Waals surface area (Å²) in [5, 5.41) is 15.1. The number of benzene rings is 3. The molecular formula is C33H27ClN4O4. The van der Waals surface area contributed by atoms with Gasteiger partial charge in [-0.2, -0.15) is 10.4 Å². The van der Waals surface area contributed by atoms with Crippen molar-refractivity contribution in [1.82, 2.24) is 14.7 Å². The molecule has 2 amide bonds. The first-order valence-electron chi connectivity index (χ1n) is 13.2. The number of rotatable bonds is 8. The van der Waals surface area contributed by atoms with E-state index in [1.54, 1.807) is 67.4 Å². The van der Waals surface area contributed by atoms with Crippen LogP contribution >= 0.6 is 11.6 Å². The van der Waals surface area contributed by atoms with E-state index < -0.39 is 11.8 Å². The number of ether oxygens (including phenoxy) is 2. The van der Waals surface area contributed by atoms with Crippen LogP contribution in [-0.2, 0) is 16.1 Å². The smallest absolute Gasteiger partial charge is 0.271 e. The number of methoxy groups -OCH3 is 1. The number of aromatic nitrogens is 2. The predicted octanol–water partition coefficient (Wildman–Crippen LogP) is 6.39. The summed E-state index contributed by atoms with van der Waals surface area (Å²) in [5.74, 6) is 0.0706. The van der Waals surface area contributed by atoms with Gasteiger partial charge in [-0.3, -0.25) is 14.5 Å². The van der Waals surface area contributed by atoms with E-state index in [1.165, 1.54) is 0 Å². The van der Waals surface area contributed by atoms with Gasteiger partial charge in [0.15, 0.2) is 0 Å². The standard InChI is InChI=1S/C33H27ClN4O4/c1-4-42-30-15-12-23(17-29(30)34)31-24(20-38(36-31)25-8-6-5-7-9-25)16-27-21(2)28(18-35)33(40)37(32(27)39)19-22-10-13-26(41-3)14-11-22/h5-17,20H,4,19H2,1-3H3/b27-16+. The number of nitriles is 1. The number of carbonyl (C=O) groups excluding carboxylic acids is 2. The number of carbonyl (C=O) groups is 2. The minimum atomic E-state index is -0.633. The number of halogens is 1. The maximum absolute atomic E-state index is 13.8. The minimum Gasteiger partial charge on any atom is -0.497 e. The molecule has 4 aromatic rings. The van der Waals surface area contributed by atoms with Crippen molar-refractivity contribution in [2.45, 2.75) is 20.4 Å². The van der Waals surface area contributed by atoms with E-state index in [1.807, 2.05) is 49.4 Å². The Balaban J connectivity index is 1.63. The van der Waals surface area contributed by atoms with Crippen molar-refractivity contribution in [2.24, 2.45) is 0 Å². The zero-order valence-electron chi connectivity index (χ0n) is 23.3. The van der Waals surface area contributed by atoms with E-state index in [-0.39, 0.29) is 17.7 Å². The summed E-state index contributed by atoms with van der Waals surface area (Å²) in [6.45, 7) is 3.97. The molecule has 0 atom stereocenters. The van der Waals surface area contributed by atoms with Gasteiger partial charge >= 0.3 is 0 Å². The van der Waals surface area contributed by atoms with Gasteiger partial charge in [0.2, 0.25) is 0 Å². The summed E-state index contributed by atoms with van der Waals surface area (Å²) in [6, 6.07) is 24.0. The van der Waals surface area contributed by atoms with E-state index in [4.69, 9.17) is 26.2 Å². The molecule has 0 radical (unpaired) electrons. The van der Waals surface area contributed by atoms with Crippen LogP contribution in [0, 0.1) is 11.3 Å². The molecule has 2 heterocycles. The van der Waals surface area contributed by atoms with Crippen LogP contribution < -0.4 is 9.47 Å². The average molecular weight is 579 g/mol. The second-order valence-corrected chi connectivity index (χ2v) is 9.91. The Kier molecular flexibility index (Phi) is 8.23. The van der Waals surface area contributed by atoms with Gasteiger partial charge in [-0.25, -0.2) is 4.68 Å². The second-order valence-electron chi connectivity index (χ2n) is 9.51. The molecule has 1 aromatic heterocycles. The molecule has 1 aliphatic rings. The number of para-hydroxylation sites is 1. The second kappa shape index (κ2) is 12.2. The zero-order valence-corrected chi connectivity index (χ0v) is 24.1. The van der Waals surface area contributed by atoms with E-state index >= 15 is 0 Å². The van der Waals surface area contributed by atoms with Gasteiger partial charge in [-0.15, -0.1) is 0 Å². The van der Waals surface area contributed by atoms with Crippen molar-refractivity contribution in [2.75, 3.05) is 13.7 Å². The van der Waals surface area contributed by atoms with Gasteiger partial charge in [0.05, 0.1) is 31.0 Å². The van der Waals surface area contributed by atoms with Crippen molar-refractivity contribution >= 4 is 29.5 Å². The van der Waals surface area contributed by atoms with Gasteiger partial charge in [0.1, 0.15) is 28.8 Å². The van der Waals surface area contributed by atoms with Crippen LogP contribution in [-0.4, -0.2) is 40.2 Å². The Bertz CT molecular complexity index is 1770. The van der Waals surface area contributed by atoms with Crippen LogP contribution in [0.3, 0.4) is 0 Å². The molecule has 8 nitrogen and oxygen atoms in total. The van der Waals surface area contributed by atoms with Gasteiger partial charge < -0.3 is 9.47 Å². The number of amides is 2. The van der Waals surface area contributed by atoms with Crippen molar-refractivity contribution < 1.29 is 19.1 Å². The Hall–Kier alpha value is -5.13. The van der Waals surface area contributed by atoms with Crippen molar-refractivity contribution in [1.29, 1.82) is 5.26 Å². The molecule has 0 saturated carbocycles. The van der Waals surface area contributed by atoms with Gasteiger partial charge in [-0.1, -0.05) is 41.9 Å². The lowest BCUT2D eigenvalue weighted by Gasteiger charge is -2.27. The van der Waals surface area contributed by atoms with Crippen molar-refractivity contribution in [3.8, 4) is 34.5 Å². The summed E-state index contributed by atoms with van der Waals surface area (Å²) in [5.41, 5.74) is 3.86.